The molecule has 32 heavy (non-hydrogen) atoms. The monoisotopic (exact) mass is 442 g/mol. The van der Waals surface area contributed by atoms with Gasteiger partial charge in [-0.15, -0.1) is 0 Å². The van der Waals surface area contributed by atoms with Crippen LogP contribution < -0.4 is 16.0 Å². The summed E-state index contributed by atoms with van der Waals surface area (Å²) in [6, 6.07) is 7.02. The second-order valence-corrected chi connectivity index (χ2v) is 10.9. The molecule has 178 valence electrons. The van der Waals surface area contributed by atoms with Crippen molar-refractivity contribution in [1.29, 1.82) is 0 Å². The lowest BCUT2D eigenvalue weighted by Crippen LogP contribution is -2.28. The van der Waals surface area contributed by atoms with Crippen LogP contribution in [0.3, 0.4) is 0 Å². The highest BCUT2D eigenvalue weighted by Crippen LogP contribution is 2.28. The molecule has 0 saturated carbocycles. The van der Waals surface area contributed by atoms with Gasteiger partial charge in [0.15, 0.2) is 0 Å². The molecular weight excluding hydrogens is 400 g/mol. The number of nitrogens with one attached hydrogen (secondary N) is 3. The van der Waals surface area contributed by atoms with Crippen LogP contribution in [0.5, 0.6) is 0 Å². The fraction of sp³-hybridized carbons (Fsp3) is 0.680. The van der Waals surface area contributed by atoms with E-state index in [0.29, 0.717) is 12.6 Å². The van der Waals surface area contributed by atoms with Crippen molar-refractivity contribution in [2.75, 3.05) is 44.0 Å². The number of anilines is 2. The summed E-state index contributed by atoms with van der Waals surface area (Å²) in [7, 11) is 1.96. The molecule has 1 aliphatic heterocycles. The zero-order valence-electron chi connectivity index (χ0n) is 21.0. The zero-order chi connectivity index (χ0) is 23.4. The summed E-state index contributed by atoms with van der Waals surface area (Å²) in [5.74, 6) is 1.87. The minimum absolute atomic E-state index is 0.0158. The van der Waals surface area contributed by atoms with E-state index >= 15 is 0 Å². The molecule has 1 aliphatic rings. The number of likely N-dealkylation sites (N-methyl/N-ethyl adjacent to an activating group) is 1. The molecular formula is C25H42N6O. The van der Waals surface area contributed by atoms with Crippen LogP contribution in [-0.4, -0.2) is 54.2 Å². The Balaban J connectivity index is 1.89. The van der Waals surface area contributed by atoms with E-state index in [2.05, 4.69) is 80.4 Å². The second kappa shape index (κ2) is 10.2. The Hall–Kier alpha value is -2.12. The smallest absolute Gasteiger partial charge is 0.148 e. The van der Waals surface area contributed by atoms with Gasteiger partial charge in [-0.3, -0.25) is 4.68 Å². The van der Waals surface area contributed by atoms with Crippen LogP contribution in [-0.2, 0) is 22.1 Å². The minimum Gasteiger partial charge on any atom is -0.381 e. The molecule has 2 aromatic rings. The Morgan fingerprint density at radius 3 is 2.31 bits per heavy atom. The van der Waals surface area contributed by atoms with Gasteiger partial charge in [-0.25, -0.2) is 4.98 Å². The lowest BCUT2D eigenvalue weighted by molar-refractivity contribution is 0.0904. The van der Waals surface area contributed by atoms with Gasteiger partial charge in [-0.1, -0.05) is 41.5 Å². The molecule has 0 bridgehead atoms. The van der Waals surface area contributed by atoms with Crippen LogP contribution in [0, 0.1) is 0 Å². The Kier molecular flexibility index (Phi) is 7.83. The first kappa shape index (κ1) is 24.5. The van der Waals surface area contributed by atoms with Crippen molar-refractivity contribution in [2.24, 2.45) is 0 Å². The number of ether oxygens (including phenoxy) is 1. The quantitative estimate of drug-likeness (QED) is 0.534. The third-order valence-electron chi connectivity index (χ3n) is 5.86. The Morgan fingerprint density at radius 2 is 1.69 bits per heavy atom. The summed E-state index contributed by atoms with van der Waals surface area (Å²) in [5, 5.41) is 15.2. The van der Waals surface area contributed by atoms with E-state index in [1.165, 1.54) is 11.3 Å². The largest absolute Gasteiger partial charge is 0.381 e. The molecule has 0 atom stereocenters. The average molecular weight is 443 g/mol. The molecule has 0 aromatic carbocycles. The molecule has 0 radical (unpaired) electrons. The van der Waals surface area contributed by atoms with Gasteiger partial charge in [-0.05, 0) is 43.0 Å². The molecule has 1 fully saturated rings. The average Bonchev–Trinajstić information content (AvgIpc) is 3.11. The van der Waals surface area contributed by atoms with Crippen molar-refractivity contribution in [2.45, 2.75) is 77.8 Å². The molecule has 3 heterocycles. The highest BCUT2D eigenvalue weighted by atomic mass is 16.5. The summed E-state index contributed by atoms with van der Waals surface area (Å²) >= 11 is 0. The number of hydrogen-bond acceptors (Lipinski definition) is 6. The van der Waals surface area contributed by atoms with E-state index in [0.717, 1.165) is 56.5 Å². The van der Waals surface area contributed by atoms with Crippen molar-refractivity contribution in [3.05, 3.63) is 35.2 Å². The van der Waals surface area contributed by atoms with Crippen molar-refractivity contribution < 1.29 is 4.74 Å². The molecule has 1 saturated heterocycles. The van der Waals surface area contributed by atoms with E-state index in [4.69, 9.17) is 14.8 Å². The van der Waals surface area contributed by atoms with E-state index in [1.807, 2.05) is 7.05 Å². The van der Waals surface area contributed by atoms with Crippen LogP contribution in [0.1, 0.15) is 71.3 Å². The third kappa shape index (κ3) is 6.69. The standard InChI is InChI=1S/C25H42N6O/c1-24(2,3)18-14-20(29-22(15-18)27-11-10-26-7)17-31-21(25(4,5)6)16-23(30-31)28-19-8-12-32-13-9-19/h14-16,19,26H,8-13,17H2,1-7H3,(H,27,29)(H,28,30). The van der Waals surface area contributed by atoms with Crippen LogP contribution in [0.25, 0.3) is 0 Å². The van der Waals surface area contributed by atoms with Gasteiger partial charge in [0.25, 0.3) is 0 Å². The summed E-state index contributed by atoms with van der Waals surface area (Å²) in [6.45, 7) is 17.5. The number of rotatable bonds is 8. The van der Waals surface area contributed by atoms with Gasteiger partial charge in [0.2, 0.25) is 0 Å². The van der Waals surface area contributed by atoms with E-state index < -0.39 is 0 Å². The van der Waals surface area contributed by atoms with E-state index in [1.54, 1.807) is 0 Å². The molecule has 2 aromatic heterocycles. The lowest BCUT2D eigenvalue weighted by Gasteiger charge is -2.23. The predicted octanol–water partition coefficient (Wildman–Crippen LogP) is 4.14. The lowest BCUT2D eigenvalue weighted by atomic mass is 9.87. The first-order valence-electron chi connectivity index (χ1n) is 11.9. The first-order chi connectivity index (χ1) is 15.1. The van der Waals surface area contributed by atoms with Gasteiger partial charge in [-0.2, -0.15) is 5.10 Å². The normalized spacial score (nSPS) is 15.7. The number of nitrogens with zero attached hydrogens (tertiary/aromatic N) is 3. The van der Waals surface area contributed by atoms with Crippen molar-refractivity contribution in [3.63, 3.8) is 0 Å². The van der Waals surface area contributed by atoms with Gasteiger partial charge in [0, 0.05) is 49.5 Å². The molecule has 0 amide bonds. The molecule has 7 heteroatoms. The third-order valence-corrected chi connectivity index (χ3v) is 5.86. The zero-order valence-corrected chi connectivity index (χ0v) is 21.0. The Bertz CT molecular complexity index is 872. The maximum absolute atomic E-state index is 5.50. The molecule has 0 spiro atoms. The summed E-state index contributed by atoms with van der Waals surface area (Å²) in [4.78, 5) is 4.93. The number of pyridine rings is 1. The van der Waals surface area contributed by atoms with Crippen molar-refractivity contribution >= 4 is 11.6 Å². The van der Waals surface area contributed by atoms with Gasteiger partial charge < -0.3 is 20.7 Å². The van der Waals surface area contributed by atoms with E-state index in [-0.39, 0.29) is 10.8 Å². The Labute approximate surface area is 193 Å². The van der Waals surface area contributed by atoms with Gasteiger partial charge in [0.05, 0.1) is 12.2 Å². The summed E-state index contributed by atoms with van der Waals surface area (Å²) in [5.41, 5.74) is 3.54. The van der Waals surface area contributed by atoms with Crippen LogP contribution in [0.15, 0.2) is 18.2 Å². The van der Waals surface area contributed by atoms with Crippen LogP contribution in [0.2, 0.25) is 0 Å². The highest BCUT2D eigenvalue weighted by molar-refractivity contribution is 5.43. The van der Waals surface area contributed by atoms with Crippen LogP contribution in [0.4, 0.5) is 11.6 Å². The predicted molar refractivity (Wildman–Crippen MR) is 133 cm³/mol. The van der Waals surface area contributed by atoms with Crippen molar-refractivity contribution in [3.8, 4) is 0 Å². The highest BCUT2D eigenvalue weighted by Gasteiger charge is 2.24. The maximum Gasteiger partial charge on any atom is 0.148 e. The SMILES string of the molecule is CNCCNc1cc(C(C)(C)C)cc(Cn2nc(NC3CCOCC3)cc2C(C)(C)C)n1. The fourth-order valence-electron chi connectivity index (χ4n) is 3.92. The molecule has 0 unspecified atom stereocenters. The Morgan fingerprint density at radius 1 is 0.969 bits per heavy atom. The maximum atomic E-state index is 5.50. The van der Waals surface area contributed by atoms with Gasteiger partial charge >= 0.3 is 0 Å². The van der Waals surface area contributed by atoms with Gasteiger partial charge in [0.1, 0.15) is 11.6 Å². The van der Waals surface area contributed by atoms with Crippen molar-refractivity contribution in [1.82, 2.24) is 20.1 Å². The fourth-order valence-corrected chi connectivity index (χ4v) is 3.92. The number of aromatic nitrogens is 3. The molecule has 3 rings (SSSR count). The first-order valence-corrected chi connectivity index (χ1v) is 11.9. The minimum atomic E-state index is -0.0158. The van der Waals surface area contributed by atoms with E-state index in [9.17, 15) is 0 Å². The van der Waals surface area contributed by atoms with Crippen LogP contribution >= 0.6 is 0 Å². The summed E-state index contributed by atoms with van der Waals surface area (Å²) < 4.78 is 7.62. The molecule has 0 aliphatic carbocycles. The number of hydrogen-bond donors (Lipinski definition) is 3. The topological polar surface area (TPSA) is 76.0 Å². The molecule has 7 nitrogen and oxygen atoms in total. The second-order valence-electron chi connectivity index (χ2n) is 10.9. The molecule has 3 N–H and O–H groups in total. The summed E-state index contributed by atoms with van der Waals surface area (Å²) in [6.07, 6.45) is 2.04.